The molecule has 0 bridgehead atoms. The Labute approximate surface area is 260 Å². The van der Waals surface area contributed by atoms with Crippen LogP contribution in [0.15, 0.2) is 0 Å². The summed E-state index contributed by atoms with van der Waals surface area (Å²) in [6.07, 6.45) is 29.8. The molecule has 0 aliphatic heterocycles. The van der Waals surface area contributed by atoms with E-state index in [1.54, 1.807) is 0 Å². The molecule has 0 aromatic carbocycles. The number of nitrogens with zero attached hydrogens (tertiary/aromatic N) is 1. The lowest BCUT2D eigenvalue weighted by Crippen LogP contribution is -2.35. The van der Waals surface area contributed by atoms with E-state index in [0.29, 0.717) is 13.0 Å². The van der Waals surface area contributed by atoms with E-state index in [9.17, 15) is 14.6 Å². The van der Waals surface area contributed by atoms with Crippen LogP contribution in [-0.4, -0.2) is 69.8 Å². The molecule has 1 N–H and O–H groups in total. The second-order valence-corrected chi connectivity index (χ2v) is 15.4. The third-order valence-electron chi connectivity index (χ3n) is 8.58. The fourth-order valence-electron chi connectivity index (χ4n) is 5.93. The van der Waals surface area contributed by atoms with E-state index in [1.807, 2.05) is 0 Å². The van der Waals surface area contributed by atoms with Gasteiger partial charge in [-0.25, -0.2) is 0 Å². The molecule has 1 aliphatic carbocycles. The number of unbranched alkanes of at least 4 members (excludes halogenated alkanes) is 16. The molecule has 252 valence electrons. The van der Waals surface area contributed by atoms with Crippen molar-refractivity contribution in [2.24, 2.45) is 5.92 Å². The van der Waals surface area contributed by atoms with Gasteiger partial charge in [0.2, 0.25) is 0 Å². The second kappa shape index (κ2) is 26.2. The topological polar surface area (TPSA) is 88.1 Å². The van der Waals surface area contributed by atoms with Gasteiger partial charge in [-0.1, -0.05) is 128 Å². The molecule has 0 aromatic heterocycles. The number of hydrogen-bond acceptors (Lipinski definition) is 6. The molecule has 0 radical (unpaired) electrons. The number of aliphatic hydroxyl groups is 1. The van der Waals surface area contributed by atoms with E-state index in [2.05, 4.69) is 21.1 Å². The van der Waals surface area contributed by atoms with Gasteiger partial charge in [0, 0.05) is 6.61 Å². The fraction of sp³-hybridized carbons (Fsp3) is 1.00. The highest BCUT2D eigenvalue weighted by Crippen LogP contribution is 2.38. The van der Waals surface area contributed by atoms with Crippen molar-refractivity contribution in [1.29, 1.82) is 0 Å². The minimum atomic E-state index is -4.38. The van der Waals surface area contributed by atoms with Gasteiger partial charge in [0.1, 0.15) is 6.10 Å². The minimum absolute atomic E-state index is 0.0794. The van der Waals surface area contributed by atoms with Gasteiger partial charge in [-0.15, -0.1) is 0 Å². The molecule has 0 heterocycles. The number of ether oxygens (including phenoxy) is 1. The van der Waals surface area contributed by atoms with Crippen molar-refractivity contribution >= 4 is 7.82 Å². The van der Waals surface area contributed by atoms with Crippen LogP contribution in [0.5, 0.6) is 0 Å². The van der Waals surface area contributed by atoms with Gasteiger partial charge in [0.25, 0.3) is 7.82 Å². The predicted octanol–water partition coefficient (Wildman–Crippen LogP) is 8.56. The lowest BCUT2D eigenvalue weighted by atomic mass is 9.85. The first-order chi connectivity index (χ1) is 20.2. The van der Waals surface area contributed by atoms with Crippen LogP contribution in [0.2, 0.25) is 0 Å². The summed E-state index contributed by atoms with van der Waals surface area (Å²) in [5.74, 6) is 1.04. The smallest absolute Gasteiger partial charge is 0.267 e. The summed E-state index contributed by atoms with van der Waals surface area (Å²) in [4.78, 5) is 11.9. The van der Waals surface area contributed by atoms with Gasteiger partial charge in [0.05, 0.1) is 47.5 Å². The van der Waals surface area contributed by atoms with Crippen LogP contribution in [0, 0.1) is 5.92 Å². The van der Waals surface area contributed by atoms with Crippen LogP contribution in [0.1, 0.15) is 154 Å². The SMILES string of the molecule is C[N+](C)(C)CCCCCCCCCCOP(=O)([O-])OCC(O)COCCCCCCCCCCCCC1CCCCC1. The molecule has 0 aromatic rings. The van der Waals surface area contributed by atoms with E-state index in [1.165, 1.54) is 129 Å². The molecule has 1 fully saturated rings. The average molecular weight is 620 g/mol. The summed E-state index contributed by atoms with van der Waals surface area (Å²) in [5.41, 5.74) is 0. The van der Waals surface area contributed by atoms with E-state index in [0.717, 1.165) is 36.1 Å². The highest BCUT2D eigenvalue weighted by atomic mass is 31.2. The van der Waals surface area contributed by atoms with Crippen molar-refractivity contribution < 1.29 is 32.8 Å². The zero-order valence-corrected chi connectivity index (χ0v) is 28.9. The lowest BCUT2D eigenvalue weighted by Gasteiger charge is -2.24. The molecule has 2 atom stereocenters. The van der Waals surface area contributed by atoms with Crippen molar-refractivity contribution in [2.75, 3.05) is 54.1 Å². The van der Waals surface area contributed by atoms with Crippen LogP contribution >= 0.6 is 7.82 Å². The number of aliphatic hydroxyl groups excluding tert-OH is 1. The molecular formula is C34H70NO6P. The number of rotatable bonds is 30. The van der Waals surface area contributed by atoms with E-state index < -0.39 is 13.9 Å². The first kappa shape index (κ1) is 40.0. The second-order valence-electron chi connectivity index (χ2n) is 14.0. The molecule has 1 saturated carbocycles. The Morgan fingerprint density at radius 3 is 1.69 bits per heavy atom. The van der Waals surface area contributed by atoms with Gasteiger partial charge in [0.15, 0.2) is 0 Å². The molecule has 42 heavy (non-hydrogen) atoms. The quantitative estimate of drug-likeness (QED) is 0.0492. The summed E-state index contributed by atoms with van der Waals surface area (Å²) < 4.78 is 28.2. The number of hydrogen-bond donors (Lipinski definition) is 1. The summed E-state index contributed by atoms with van der Waals surface area (Å²) in [5, 5.41) is 9.98. The maximum Gasteiger partial charge on any atom is 0.267 e. The molecule has 8 heteroatoms. The molecule has 2 unspecified atom stereocenters. The molecule has 1 rings (SSSR count). The van der Waals surface area contributed by atoms with Crippen LogP contribution in [0.4, 0.5) is 0 Å². The number of quaternary nitrogens is 1. The molecule has 0 spiro atoms. The van der Waals surface area contributed by atoms with Gasteiger partial charge in [-0.2, -0.15) is 0 Å². The highest BCUT2D eigenvalue weighted by Gasteiger charge is 2.14. The molecule has 0 amide bonds. The van der Waals surface area contributed by atoms with Crippen LogP contribution < -0.4 is 4.89 Å². The minimum Gasteiger partial charge on any atom is -0.756 e. The summed E-state index contributed by atoms with van der Waals surface area (Å²) in [6.45, 7) is 1.70. The highest BCUT2D eigenvalue weighted by molar-refractivity contribution is 7.45. The van der Waals surface area contributed by atoms with Crippen LogP contribution in [0.25, 0.3) is 0 Å². The largest absolute Gasteiger partial charge is 0.756 e. The Morgan fingerprint density at radius 1 is 0.667 bits per heavy atom. The van der Waals surface area contributed by atoms with Gasteiger partial charge < -0.3 is 28.3 Å². The Morgan fingerprint density at radius 2 is 1.14 bits per heavy atom. The Hall–Kier alpha value is -0.0100. The zero-order valence-electron chi connectivity index (χ0n) is 28.0. The monoisotopic (exact) mass is 619 g/mol. The lowest BCUT2D eigenvalue weighted by molar-refractivity contribution is -0.870. The van der Waals surface area contributed by atoms with Gasteiger partial charge in [-0.3, -0.25) is 4.57 Å². The first-order valence-corrected chi connectivity index (χ1v) is 19.3. The maximum absolute atomic E-state index is 11.9. The van der Waals surface area contributed by atoms with Gasteiger partial charge in [-0.05, 0) is 31.6 Å². The van der Waals surface area contributed by atoms with E-state index in [4.69, 9.17) is 13.8 Å². The third kappa shape index (κ3) is 27.5. The van der Waals surface area contributed by atoms with Gasteiger partial charge >= 0.3 is 0 Å². The summed E-state index contributed by atoms with van der Waals surface area (Å²) in [6, 6.07) is 0. The first-order valence-electron chi connectivity index (χ1n) is 17.8. The molecule has 1 aliphatic rings. The number of phosphoric acid groups is 1. The van der Waals surface area contributed by atoms with Crippen molar-refractivity contribution in [3.05, 3.63) is 0 Å². The molecular weight excluding hydrogens is 549 g/mol. The maximum atomic E-state index is 11.9. The fourth-order valence-corrected chi connectivity index (χ4v) is 6.72. The van der Waals surface area contributed by atoms with Crippen molar-refractivity contribution in [1.82, 2.24) is 0 Å². The van der Waals surface area contributed by atoms with Crippen molar-refractivity contribution in [3.63, 3.8) is 0 Å². The zero-order chi connectivity index (χ0) is 30.8. The third-order valence-corrected chi connectivity index (χ3v) is 9.55. The Balaban J connectivity index is 1.80. The average Bonchev–Trinajstić information content (AvgIpc) is 2.95. The molecule has 0 saturated heterocycles. The molecule has 7 nitrogen and oxygen atoms in total. The van der Waals surface area contributed by atoms with Crippen LogP contribution in [-0.2, 0) is 18.3 Å². The van der Waals surface area contributed by atoms with Crippen LogP contribution in [0.3, 0.4) is 0 Å². The van der Waals surface area contributed by atoms with Crippen molar-refractivity contribution in [2.45, 2.75) is 160 Å². The summed E-state index contributed by atoms with van der Waals surface area (Å²) in [7, 11) is 2.31. The van der Waals surface area contributed by atoms with E-state index in [-0.39, 0.29) is 19.8 Å². The van der Waals surface area contributed by atoms with E-state index >= 15 is 0 Å². The summed E-state index contributed by atoms with van der Waals surface area (Å²) >= 11 is 0. The Kier molecular flexibility index (Phi) is 25.0. The standard InChI is InChI=1S/C34H70NO6P/c1-35(2,3)28-22-15-11-7-9-13-17-24-30-40-42(37,38)41-32-34(36)31-39-29-23-16-12-8-5-4-6-10-14-19-25-33-26-20-18-21-27-33/h33-34,36H,4-32H2,1-3H3. The predicted molar refractivity (Wildman–Crippen MR) is 174 cm³/mol. The normalized spacial score (nSPS) is 17.0. The number of phosphoric ester groups is 1. The Bertz CT molecular complexity index is 638. The van der Waals surface area contributed by atoms with Crippen molar-refractivity contribution in [3.8, 4) is 0 Å².